The Morgan fingerprint density at radius 1 is 0.737 bits per heavy atom. The van der Waals surface area contributed by atoms with Gasteiger partial charge in [0.15, 0.2) is 11.5 Å². The van der Waals surface area contributed by atoms with Crippen LogP contribution in [0.5, 0.6) is 11.5 Å². The van der Waals surface area contributed by atoms with E-state index in [9.17, 15) is 9.59 Å². The van der Waals surface area contributed by atoms with Gasteiger partial charge in [0, 0.05) is 0 Å². The first kappa shape index (κ1) is 12.6. The van der Waals surface area contributed by atoms with Crippen molar-refractivity contribution in [1.82, 2.24) is 0 Å². The van der Waals surface area contributed by atoms with Crippen LogP contribution in [0.2, 0.25) is 0 Å². The van der Waals surface area contributed by atoms with Gasteiger partial charge in [-0.05, 0) is 24.3 Å². The molecular formula is C14H12N2O3. The highest BCUT2D eigenvalue weighted by Gasteiger charge is 2.07. The maximum Gasteiger partial charge on any atom is 0.211 e. The van der Waals surface area contributed by atoms with Crippen LogP contribution in [-0.2, 0) is 9.59 Å². The summed E-state index contributed by atoms with van der Waals surface area (Å²) in [6.07, 6.45) is 1.16. The maximum atomic E-state index is 10.5. The van der Waals surface area contributed by atoms with Crippen LogP contribution in [0.15, 0.2) is 48.5 Å². The summed E-state index contributed by atoms with van der Waals surface area (Å²) < 4.78 is 5.70. The fraction of sp³-hybridized carbons (Fsp3) is 0. The predicted octanol–water partition coefficient (Wildman–Crippen LogP) is 2.62. The van der Waals surface area contributed by atoms with E-state index in [2.05, 4.69) is 10.6 Å². The molecule has 0 saturated carbocycles. The topological polar surface area (TPSA) is 67.4 Å². The molecule has 2 aromatic carbocycles. The van der Waals surface area contributed by atoms with Crippen molar-refractivity contribution >= 4 is 24.2 Å². The van der Waals surface area contributed by atoms with Crippen LogP contribution in [0.4, 0.5) is 11.4 Å². The number of carbonyl (C=O) groups is 2. The van der Waals surface area contributed by atoms with E-state index in [1.165, 1.54) is 0 Å². The van der Waals surface area contributed by atoms with Crippen LogP contribution in [0.25, 0.3) is 0 Å². The first-order valence-corrected chi connectivity index (χ1v) is 5.61. The third-order valence-corrected chi connectivity index (χ3v) is 2.42. The standard InChI is InChI=1S/C14H12N2O3/c17-9-15-11-5-1-3-7-13(11)19-14-8-4-2-6-12(14)16-10-18/h1-10H,(H,15,17)(H,16,18). The molecule has 0 radical (unpaired) electrons. The van der Waals surface area contributed by atoms with E-state index < -0.39 is 0 Å². The second-order valence-electron chi connectivity index (χ2n) is 3.62. The summed E-state index contributed by atoms with van der Waals surface area (Å²) in [5, 5.41) is 5.10. The minimum Gasteiger partial charge on any atom is -0.453 e. The SMILES string of the molecule is O=CNc1ccccc1Oc1ccccc1NC=O. The van der Waals surface area contributed by atoms with E-state index in [0.29, 0.717) is 35.7 Å². The number of anilines is 2. The minimum absolute atomic E-state index is 0.495. The van der Waals surface area contributed by atoms with Gasteiger partial charge in [-0.25, -0.2) is 0 Å². The monoisotopic (exact) mass is 256 g/mol. The normalized spacial score (nSPS) is 9.47. The molecule has 2 N–H and O–H groups in total. The number of rotatable bonds is 6. The molecule has 2 rings (SSSR count). The maximum absolute atomic E-state index is 10.5. The van der Waals surface area contributed by atoms with Crippen molar-refractivity contribution in [2.75, 3.05) is 10.6 Å². The average molecular weight is 256 g/mol. The third-order valence-electron chi connectivity index (χ3n) is 2.42. The molecule has 0 aromatic heterocycles. The number of hydrogen-bond donors (Lipinski definition) is 2. The van der Waals surface area contributed by atoms with Crippen molar-refractivity contribution in [2.45, 2.75) is 0 Å². The quantitative estimate of drug-likeness (QED) is 0.781. The molecule has 0 aliphatic heterocycles. The predicted molar refractivity (Wildman–Crippen MR) is 72.3 cm³/mol. The highest BCUT2D eigenvalue weighted by molar-refractivity contribution is 5.78. The minimum atomic E-state index is 0.495. The van der Waals surface area contributed by atoms with E-state index in [1.807, 2.05) is 0 Å². The Hall–Kier alpha value is -2.82. The Morgan fingerprint density at radius 3 is 1.58 bits per heavy atom. The Balaban J connectivity index is 2.30. The van der Waals surface area contributed by atoms with Gasteiger partial charge in [0.25, 0.3) is 0 Å². The molecule has 0 bridgehead atoms. The molecule has 2 amide bonds. The van der Waals surface area contributed by atoms with E-state index in [-0.39, 0.29) is 0 Å². The van der Waals surface area contributed by atoms with Gasteiger partial charge in [-0.3, -0.25) is 9.59 Å². The molecule has 2 aromatic rings. The largest absolute Gasteiger partial charge is 0.453 e. The van der Waals surface area contributed by atoms with Crippen LogP contribution in [-0.4, -0.2) is 12.8 Å². The zero-order valence-corrected chi connectivity index (χ0v) is 10.00. The van der Waals surface area contributed by atoms with E-state index in [4.69, 9.17) is 4.74 Å². The molecular weight excluding hydrogens is 244 g/mol. The molecule has 5 nitrogen and oxygen atoms in total. The van der Waals surface area contributed by atoms with Gasteiger partial charge < -0.3 is 15.4 Å². The lowest BCUT2D eigenvalue weighted by Gasteiger charge is -2.12. The Bertz CT molecular complexity index is 533. The van der Waals surface area contributed by atoms with Gasteiger partial charge in [-0.1, -0.05) is 24.3 Å². The first-order chi connectivity index (χ1) is 9.35. The molecule has 0 aliphatic rings. The van der Waals surface area contributed by atoms with Crippen LogP contribution in [0.3, 0.4) is 0 Å². The van der Waals surface area contributed by atoms with Gasteiger partial charge in [0.2, 0.25) is 12.8 Å². The second-order valence-corrected chi connectivity index (χ2v) is 3.62. The van der Waals surface area contributed by atoms with Gasteiger partial charge in [-0.15, -0.1) is 0 Å². The summed E-state index contributed by atoms with van der Waals surface area (Å²) in [4.78, 5) is 21.0. The van der Waals surface area contributed by atoms with Crippen molar-refractivity contribution in [3.05, 3.63) is 48.5 Å². The number of nitrogens with one attached hydrogen (secondary N) is 2. The van der Waals surface area contributed by atoms with Crippen LogP contribution in [0.1, 0.15) is 0 Å². The van der Waals surface area contributed by atoms with E-state index in [1.54, 1.807) is 48.5 Å². The molecule has 0 atom stereocenters. The van der Waals surface area contributed by atoms with Crippen LogP contribution in [0, 0.1) is 0 Å². The summed E-state index contributed by atoms with van der Waals surface area (Å²) in [7, 11) is 0. The lowest BCUT2D eigenvalue weighted by atomic mass is 10.2. The Labute approximate surface area is 110 Å². The van der Waals surface area contributed by atoms with Crippen molar-refractivity contribution in [1.29, 1.82) is 0 Å². The lowest BCUT2D eigenvalue weighted by Crippen LogP contribution is -1.99. The van der Waals surface area contributed by atoms with Gasteiger partial charge in [0.05, 0.1) is 11.4 Å². The highest BCUT2D eigenvalue weighted by Crippen LogP contribution is 2.33. The van der Waals surface area contributed by atoms with Gasteiger partial charge in [-0.2, -0.15) is 0 Å². The zero-order valence-electron chi connectivity index (χ0n) is 10.00. The van der Waals surface area contributed by atoms with Crippen LogP contribution >= 0.6 is 0 Å². The molecule has 0 heterocycles. The fourth-order valence-corrected chi connectivity index (χ4v) is 1.60. The van der Waals surface area contributed by atoms with Gasteiger partial charge in [0.1, 0.15) is 0 Å². The summed E-state index contributed by atoms with van der Waals surface area (Å²) >= 11 is 0. The second kappa shape index (κ2) is 6.20. The Morgan fingerprint density at radius 2 is 1.16 bits per heavy atom. The van der Waals surface area contributed by atoms with Crippen LogP contribution < -0.4 is 15.4 Å². The molecule has 5 heteroatoms. The van der Waals surface area contributed by atoms with E-state index in [0.717, 1.165) is 0 Å². The van der Waals surface area contributed by atoms with Crippen molar-refractivity contribution in [3.8, 4) is 11.5 Å². The fourth-order valence-electron chi connectivity index (χ4n) is 1.60. The molecule has 19 heavy (non-hydrogen) atoms. The Kier molecular flexibility index (Phi) is 4.12. The summed E-state index contributed by atoms with van der Waals surface area (Å²) in [6, 6.07) is 14.1. The molecule has 96 valence electrons. The summed E-state index contributed by atoms with van der Waals surface area (Å²) in [6.45, 7) is 0. The summed E-state index contributed by atoms with van der Waals surface area (Å²) in [5.41, 5.74) is 1.11. The number of ether oxygens (including phenoxy) is 1. The van der Waals surface area contributed by atoms with Crippen molar-refractivity contribution in [3.63, 3.8) is 0 Å². The molecule has 0 fully saturated rings. The number of carbonyl (C=O) groups excluding carboxylic acids is 2. The molecule has 0 spiro atoms. The molecule has 0 aliphatic carbocycles. The first-order valence-electron chi connectivity index (χ1n) is 5.61. The van der Waals surface area contributed by atoms with Crippen molar-refractivity contribution < 1.29 is 14.3 Å². The lowest BCUT2D eigenvalue weighted by molar-refractivity contribution is -0.106. The van der Waals surface area contributed by atoms with E-state index >= 15 is 0 Å². The highest BCUT2D eigenvalue weighted by atomic mass is 16.5. The molecule has 0 saturated heterocycles. The number of benzene rings is 2. The third kappa shape index (κ3) is 3.10. The number of hydrogen-bond acceptors (Lipinski definition) is 3. The smallest absolute Gasteiger partial charge is 0.211 e. The van der Waals surface area contributed by atoms with Crippen molar-refractivity contribution in [2.24, 2.45) is 0 Å². The van der Waals surface area contributed by atoms with Gasteiger partial charge >= 0.3 is 0 Å². The number of para-hydroxylation sites is 4. The number of amides is 2. The average Bonchev–Trinajstić information content (AvgIpc) is 2.44. The molecule has 0 unspecified atom stereocenters. The summed E-state index contributed by atoms with van der Waals surface area (Å²) in [5.74, 6) is 0.990. The zero-order chi connectivity index (χ0) is 13.5.